The molecule has 6 nitrogen and oxygen atoms in total. The van der Waals surface area contributed by atoms with Crippen molar-refractivity contribution in [1.82, 2.24) is 15.5 Å². The average Bonchev–Trinajstić information content (AvgIpc) is 2.82. The molecule has 1 atom stereocenters. The molecule has 2 saturated heterocycles. The van der Waals surface area contributed by atoms with E-state index in [4.69, 9.17) is 0 Å². The lowest BCUT2D eigenvalue weighted by Crippen LogP contribution is -2.55. The maximum atomic E-state index is 12.5. The van der Waals surface area contributed by atoms with Crippen molar-refractivity contribution in [2.45, 2.75) is 37.6 Å². The Morgan fingerprint density at radius 1 is 1.22 bits per heavy atom. The van der Waals surface area contributed by atoms with E-state index in [1.165, 1.54) is 0 Å². The second kappa shape index (κ2) is 6.02. The Balaban J connectivity index is 1.56. The van der Waals surface area contributed by atoms with Crippen LogP contribution in [0.25, 0.3) is 0 Å². The predicted molar refractivity (Wildman–Crippen MR) is 84.7 cm³/mol. The van der Waals surface area contributed by atoms with Gasteiger partial charge >= 0.3 is 6.03 Å². The summed E-state index contributed by atoms with van der Waals surface area (Å²) in [6, 6.07) is 9.53. The highest BCUT2D eigenvalue weighted by Gasteiger charge is 2.48. The zero-order valence-electron chi connectivity index (χ0n) is 13.2. The lowest BCUT2D eigenvalue weighted by molar-refractivity contribution is -0.136. The highest BCUT2D eigenvalue weighted by molar-refractivity contribution is 6.07. The Kier molecular flexibility index (Phi) is 4.07. The van der Waals surface area contributed by atoms with Crippen LogP contribution in [0.4, 0.5) is 4.79 Å². The van der Waals surface area contributed by atoms with Gasteiger partial charge in [0, 0.05) is 19.5 Å². The molecule has 0 unspecified atom stereocenters. The van der Waals surface area contributed by atoms with Crippen LogP contribution in [0.5, 0.6) is 0 Å². The fourth-order valence-electron chi connectivity index (χ4n) is 3.31. The van der Waals surface area contributed by atoms with Gasteiger partial charge < -0.3 is 10.2 Å². The van der Waals surface area contributed by atoms with Crippen molar-refractivity contribution in [2.75, 3.05) is 13.1 Å². The third-order valence-electron chi connectivity index (χ3n) is 4.83. The monoisotopic (exact) mass is 315 g/mol. The van der Waals surface area contributed by atoms with Gasteiger partial charge in [-0.2, -0.15) is 0 Å². The predicted octanol–water partition coefficient (Wildman–Crippen LogP) is 1.38. The molecule has 23 heavy (non-hydrogen) atoms. The van der Waals surface area contributed by atoms with Crippen molar-refractivity contribution in [1.29, 1.82) is 0 Å². The van der Waals surface area contributed by atoms with Crippen LogP contribution in [0.1, 0.15) is 37.7 Å². The van der Waals surface area contributed by atoms with Crippen LogP contribution in [0, 0.1) is 0 Å². The molecular weight excluding hydrogens is 294 g/mol. The Morgan fingerprint density at radius 3 is 2.43 bits per heavy atom. The largest absolute Gasteiger partial charge is 0.342 e. The quantitative estimate of drug-likeness (QED) is 0.827. The van der Waals surface area contributed by atoms with E-state index < -0.39 is 11.6 Å². The van der Waals surface area contributed by atoms with E-state index >= 15 is 0 Å². The van der Waals surface area contributed by atoms with Gasteiger partial charge in [-0.05, 0) is 24.3 Å². The van der Waals surface area contributed by atoms with Crippen molar-refractivity contribution in [2.24, 2.45) is 0 Å². The highest BCUT2D eigenvalue weighted by Crippen LogP contribution is 2.27. The lowest BCUT2D eigenvalue weighted by Gasteiger charge is -2.37. The number of likely N-dealkylation sites (tertiary alicyclic amines) is 1. The molecule has 1 aromatic carbocycles. The molecule has 3 rings (SSSR count). The molecule has 2 heterocycles. The number of hydrogen-bond acceptors (Lipinski definition) is 3. The van der Waals surface area contributed by atoms with Gasteiger partial charge in [-0.25, -0.2) is 4.79 Å². The van der Waals surface area contributed by atoms with Crippen molar-refractivity contribution in [3.05, 3.63) is 35.9 Å². The molecule has 0 aliphatic carbocycles. The molecule has 1 aromatic rings. The van der Waals surface area contributed by atoms with E-state index in [1.807, 2.05) is 37.3 Å². The van der Waals surface area contributed by atoms with Gasteiger partial charge in [0.15, 0.2) is 0 Å². The molecule has 0 saturated carbocycles. The van der Waals surface area contributed by atoms with Crippen molar-refractivity contribution in [3.8, 4) is 0 Å². The summed E-state index contributed by atoms with van der Waals surface area (Å²) in [5.41, 5.74) is 0.329. The minimum Gasteiger partial charge on any atom is -0.342 e. The van der Waals surface area contributed by atoms with Gasteiger partial charge in [0.2, 0.25) is 5.91 Å². The molecule has 0 bridgehead atoms. The smallest absolute Gasteiger partial charge is 0.322 e. The summed E-state index contributed by atoms with van der Waals surface area (Å²) in [7, 11) is 0. The summed E-state index contributed by atoms with van der Waals surface area (Å²) in [4.78, 5) is 37.5. The summed E-state index contributed by atoms with van der Waals surface area (Å²) >= 11 is 0. The Bertz CT molecular complexity index is 621. The number of rotatable bonds is 3. The molecule has 6 heteroatoms. The number of hydrogen-bond donors (Lipinski definition) is 2. The Morgan fingerprint density at radius 2 is 1.87 bits per heavy atom. The second-order valence-electron chi connectivity index (χ2n) is 6.39. The van der Waals surface area contributed by atoms with Gasteiger partial charge in [-0.15, -0.1) is 0 Å². The molecule has 0 radical (unpaired) electrons. The number of benzene rings is 1. The first-order chi connectivity index (χ1) is 11.0. The maximum absolute atomic E-state index is 12.5. The minimum atomic E-state index is -0.821. The van der Waals surface area contributed by atoms with Crippen LogP contribution in [0.2, 0.25) is 0 Å². The average molecular weight is 315 g/mol. The Hall–Kier alpha value is -2.37. The van der Waals surface area contributed by atoms with E-state index in [-0.39, 0.29) is 17.7 Å². The van der Waals surface area contributed by atoms with E-state index in [9.17, 15) is 14.4 Å². The number of carbonyl (C=O) groups is 3. The topological polar surface area (TPSA) is 78.5 Å². The number of nitrogens with one attached hydrogen (secondary N) is 2. The molecule has 4 amide bonds. The van der Waals surface area contributed by atoms with Crippen molar-refractivity contribution >= 4 is 17.8 Å². The highest BCUT2D eigenvalue weighted by atomic mass is 16.2. The van der Waals surface area contributed by atoms with Crippen LogP contribution < -0.4 is 10.6 Å². The van der Waals surface area contributed by atoms with Crippen LogP contribution >= 0.6 is 0 Å². The fourth-order valence-corrected chi connectivity index (χ4v) is 3.31. The fraction of sp³-hybridized carbons (Fsp3) is 0.471. The molecular formula is C17H21N3O3. The summed E-state index contributed by atoms with van der Waals surface area (Å²) < 4.78 is 0. The second-order valence-corrected chi connectivity index (χ2v) is 6.39. The minimum absolute atomic E-state index is 0.0981. The number of imide groups is 1. The summed E-state index contributed by atoms with van der Waals surface area (Å²) in [5, 5.41) is 4.99. The van der Waals surface area contributed by atoms with Crippen LogP contribution in [0.3, 0.4) is 0 Å². The molecule has 2 aliphatic rings. The molecule has 2 N–H and O–H groups in total. The molecule has 2 fully saturated rings. The van der Waals surface area contributed by atoms with E-state index in [0.717, 1.165) is 5.56 Å². The lowest BCUT2D eigenvalue weighted by atomic mass is 9.87. The SMILES string of the molecule is C[C@@H](CC(=O)N1CCC2(CC1)NC(=O)NC2=O)c1ccccc1. The molecule has 122 valence electrons. The Labute approximate surface area is 135 Å². The van der Waals surface area contributed by atoms with Crippen LogP contribution in [0.15, 0.2) is 30.3 Å². The van der Waals surface area contributed by atoms with Gasteiger partial charge in [0.25, 0.3) is 5.91 Å². The van der Waals surface area contributed by atoms with Gasteiger partial charge in [-0.1, -0.05) is 37.3 Å². The van der Waals surface area contributed by atoms with Crippen LogP contribution in [-0.4, -0.2) is 41.4 Å². The molecule has 2 aliphatic heterocycles. The number of amides is 4. The number of nitrogens with zero attached hydrogens (tertiary/aromatic N) is 1. The van der Waals surface area contributed by atoms with Crippen molar-refractivity contribution in [3.63, 3.8) is 0 Å². The first-order valence-electron chi connectivity index (χ1n) is 7.96. The molecule has 1 spiro atoms. The molecule has 0 aromatic heterocycles. The van der Waals surface area contributed by atoms with Gasteiger partial charge in [0.05, 0.1) is 0 Å². The van der Waals surface area contributed by atoms with Crippen LogP contribution in [-0.2, 0) is 9.59 Å². The standard InChI is InChI=1S/C17H21N3O3/c1-12(13-5-3-2-4-6-13)11-14(21)20-9-7-17(8-10-20)15(22)18-16(23)19-17/h2-6,12H,7-11H2,1H3,(H2,18,19,22,23)/t12-/m0/s1. The summed E-state index contributed by atoms with van der Waals surface area (Å²) in [6.45, 7) is 3.03. The van der Waals surface area contributed by atoms with E-state index in [1.54, 1.807) is 4.90 Å². The summed E-state index contributed by atoms with van der Waals surface area (Å²) in [5.74, 6) is -0.0118. The third kappa shape index (κ3) is 3.06. The van der Waals surface area contributed by atoms with Crippen molar-refractivity contribution < 1.29 is 14.4 Å². The normalized spacial score (nSPS) is 21.0. The zero-order valence-corrected chi connectivity index (χ0v) is 13.2. The van der Waals surface area contributed by atoms with Gasteiger partial charge in [0.1, 0.15) is 5.54 Å². The maximum Gasteiger partial charge on any atom is 0.322 e. The van der Waals surface area contributed by atoms with E-state index in [2.05, 4.69) is 10.6 Å². The third-order valence-corrected chi connectivity index (χ3v) is 4.83. The first-order valence-corrected chi connectivity index (χ1v) is 7.96. The number of piperidine rings is 1. The number of carbonyl (C=O) groups excluding carboxylic acids is 3. The van der Waals surface area contributed by atoms with Gasteiger partial charge in [-0.3, -0.25) is 14.9 Å². The zero-order chi connectivity index (χ0) is 16.4. The first kappa shape index (κ1) is 15.5. The van der Waals surface area contributed by atoms with E-state index in [0.29, 0.717) is 32.4 Å². The summed E-state index contributed by atoms with van der Waals surface area (Å²) in [6.07, 6.45) is 1.39. The number of urea groups is 1.